The van der Waals surface area contributed by atoms with Crippen LogP contribution in [0.15, 0.2) is 6.33 Å². The molecule has 0 saturated carbocycles. The molecule has 0 spiro atoms. The van der Waals surface area contributed by atoms with Gasteiger partial charge in [0.25, 0.3) is 0 Å². The van der Waals surface area contributed by atoms with Gasteiger partial charge >= 0.3 is 0 Å². The van der Waals surface area contributed by atoms with E-state index in [4.69, 9.17) is 10.5 Å². The van der Waals surface area contributed by atoms with Gasteiger partial charge in [-0.15, -0.1) is 0 Å². The summed E-state index contributed by atoms with van der Waals surface area (Å²) in [6.45, 7) is 2.14. The van der Waals surface area contributed by atoms with Gasteiger partial charge < -0.3 is 15.8 Å². The molecule has 5 heteroatoms. The minimum atomic E-state index is 0.348. The maximum Gasteiger partial charge on any atom is 0.135 e. The van der Waals surface area contributed by atoms with Crippen LogP contribution in [0.1, 0.15) is 38.2 Å². The molecule has 2 fully saturated rings. The van der Waals surface area contributed by atoms with Crippen LogP contribution in [0.3, 0.4) is 0 Å². The fraction of sp³-hybridized carbons (Fsp3) is 0.692. The Kier molecular flexibility index (Phi) is 3.07. The zero-order valence-electron chi connectivity index (χ0n) is 10.7. The summed E-state index contributed by atoms with van der Waals surface area (Å²) in [6, 6.07) is 0.383. The maximum atomic E-state index is 5.94. The molecule has 3 N–H and O–H groups in total. The summed E-state index contributed by atoms with van der Waals surface area (Å²) >= 11 is 0. The summed E-state index contributed by atoms with van der Waals surface area (Å²) in [7, 11) is 0. The predicted molar refractivity (Wildman–Crippen MR) is 70.4 cm³/mol. The fourth-order valence-corrected chi connectivity index (χ4v) is 3.01. The summed E-state index contributed by atoms with van der Waals surface area (Å²) in [4.78, 5) is 8.42. The van der Waals surface area contributed by atoms with Gasteiger partial charge in [0.2, 0.25) is 0 Å². The average Bonchev–Trinajstić information content (AvgIpc) is 2.96. The molecule has 0 radical (unpaired) electrons. The third-order valence-electron chi connectivity index (χ3n) is 3.91. The maximum absolute atomic E-state index is 5.94. The van der Waals surface area contributed by atoms with Gasteiger partial charge in [-0.25, -0.2) is 9.97 Å². The van der Waals surface area contributed by atoms with Gasteiger partial charge in [0.1, 0.15) is 18.0 Å². The van der Waals surface area contributed by atoms with E-state index in [1.54, 1.807) is 0 Å². The Hall–Kier alpha value is -1.36. The van der Waals surface area contributed by atoms with Crippen molar-refractivity contribution < 1.29 is 4.74 Å². The van der Waals surface area contributed by atoms with E-state index < -0.39 is 0 Å². The number of anilines is 2. The number of nitrogen functional groups attached to an aromatic ring is 1. The first-order chi connectivity index (χ1) is 8.78. The summed E-state index contributed by atoms with van der Waals surface area (Å²) in [6.07, 6.45) is 7.73. The van der Waals surface area contributed by atoms with Crippen molar-refractivity contribution in [2.24, 2.45) is 0 Å². The number of ether oxygens (including phenoxy) is 1. The minimum Gasteiger partial charge on any atom is -0.383 e. The second-order valence-electron chi connectivity index (χ2n) is 5.20. The Morgan fingerprint density at radius 2 is 2.33 bits per heavy atom. The molecule has 2 bridgehead atoms. The molecule has 2 aliphatic heterocycles. The molecular weight excluding hydrogens is 228 g/mol. The molecule has 1 aromatic rings. The van der Waals surface area contributed by atoms with Gasteiger partial charge in [0.05, 0.1) is 18.2 Å². The van der Waals surface area contributed by atoms with E-state index in [-0.39, 0.29) is 0 Å². The fourth-order valence-electron chi connectivity index (χ4n) is 3.01. The molecule has 18 heavy (non-hydrogen) atoms. The number of rotatable bonds is 4. The first-order valence-corrected chi connectivity index (χ1v) is 6.79. The Morgan fingerprint density at radius 3 is 3.00 bits per heavy atom. The summed E-state index contributed by atoms with van der Waals surface area (Å²) < 4.78 is 5.85. The largest absolute Gasteiger partial charge is 0.383 e. The van der Waals surface area contributed by atoms with E-state index in [0.29, 0.717) is 24.1 Å². The molecule has 0 aliphatic carbocycles. The van der Waals surface area contributed by atoms with Crippen molar-refractivity contribution in [3.8, 4) is 0 Å². The third kappa shape index (κ3) is 2.03. The Labute approximate surface area is 107 Å². The van der Waals surface area contributed by atoms with Crippen LogP contribution in [-0.4, -0.2) is 28.2 Å². The molecule has 3 heterocycles. The first kappa shape index (κ1) is 11.7. The van der Waals surface area contributed by atoms with Crippen LogP contribution in [0, 0.1) is 0 Å². The van der Waals surface area contributed by atoms with Crippen LogP contribution in [0.5, 0.6) is 0 Å². The van der Waals surface area contributed by atoms with Crippen LogP contribution in [0.25, 0.3) is 0 Å². The molecule has 1 aromatic heterocycles. The van der Waals surface area contributed by atoms with E-state index in [1.165, 1.54) is 12.7 Å². The van der Waals surface area contributed by atoms with Crippen molar-refractivity contribution in [3.05, 3.63) is 11.9 Å². The monoisotopic (exact) mass is 248 g/mol. The third-order valence-corrected chi connectivity index (χ3v) is 3.91. The normalized spacial score (nSPS) is 29.7. The molecule has 0 amide bonds. The second-order valence-corrected chi connectivity index (χ2v) is 5.20. The lowest BCUT2D eigenvalue weighted by atomic mass is 9.95. The van der Waals surface area contributed by atoms with Gasteiger partial charge in [0, 0.05) is 5.56 Å². The summed E-state index contributed by atoms with van der Waals surface area (Å²) in [5, 5.41) is 3.51. The number of nitrogens with two attached hydrogens (primary N) is 1. The van der Waals surface area contributed by atoms with Gasteiger partial charge in [0.15, 0.2) is 0 Å². The van der Waals surface area contributed by atoms with E-state index in [0.717, 1.165) is 37.1 Å². The van der Waals surface area contributed by atoms with Crippen LogP contribution >= 0.6 is 0 Å². The molecule has 2 aliphatic rings. The lowest BCUT2D eigenvalue weighted by Gasteiger charge is -2.22. The lowest BCUT2D eigenvalue weighted by molar-refractivity contribution is 0.102. The lowest BCUT2D eigenvalue weighted by Crippen LogP contribution is -2.31. The highest BCUT2D eigenvalue weighted by Gasteiger charge is 2.41. The van der Waals surface area contributed by atoms with Gasteiger partial charge in [-0.3, -0.25) is 0 Å². The van der Waals surface area contributed by atoms with Crippen LogP contribution in [0.2, 0.25) is 0 Å². The highest BCUT2D eigenvalue weighted by molar-refractivity contribution is 5.55. The predicted octanol–water partition coefficient (Wildman–Crippen LogP) is 1.74. The minimum absolute atomic E-state index is 0.348. The highest BCUT2D eigenvalue weighted by Crippen LogP contribution is 2.36. The number of hydrogen-bond acceptors (Lipinski definition) is 5. The Bertz CT molecular complexity index is 437. The zero-order chi connectivity index (χ0) is 12.5. The van der Waals surface area contributed by atoms with Crippen molar-refractivity contribution in [2.75, 3.05) is 11.1 Å². The van der Waals surface area contributed by atoms with Crippen LogP contribution in [0.4, 0.5) is 11.6 Å². The quantitative estimate of drug-likeness (QED) is 0.849. The summed E-state index contributed by atoms with van der Waals surface area (Å²) in [5.74, 6) is 1.49. The average molecular weight is 248 g/mol. The number of nitrogens with one attached hydrogen (secondary N) is 1. The highest BCUT2D eigenvalue weighted by atomic mass is 16.5. The van der Waals surface area contributed by atoms with E-state index >= 15 is 0 Å². The standard InChI is InChI=1S/C13H20N4O/c1-2-3-9-12(14)15-7-16-13(9)17-10-6-8-4-5-11(10)18-8/h7-8,10-11H,2-6H2,1H3,(H3,14,15,16,17). The van der Waals surface area contributed by atoms with E-state index in [2.05, 4.69) is 22.2 Å². The van der Waals surface area contributed by atoms with Gasteiger partial charge in [-0.05, 0) is 25.7 Å². The molecule has 2 saturated heterocycles. The molecular formula is C13H20N4O. The SMILES string of the molecule is CCCc1c(N)ncnc1NC1CC2CCC1O2. The van der Waals surface area contributed by atoms with Crippen molar-refractivity contribution in [2.45, 2.75) is 57.3 Å². The number of fused-ring (bicyclic) bond motifs is 2. The van der Waals surface area contributed by atoms with Gasteiger partial charge in [-0.2, -0.15) is 0 Å². The molecule has 5 nitrogen and oxygen atoms in total. The van der Waals surface area contributed by atoms with Crippen molar-refractivity contribution >= 4 is 11.6 Å². The van der Waals surface area contributed by atoms with Crippen molar-refractivity contribution in [3.63, 3.8) is 0 Å². The zero-order valence-corrected chi connectivity index (χ0v) is 10.7. The van der Waals surface area contributed by atoms with Crippen LogP contribution in [-0.2, 0) is 11.2 Å². The smallest absolute Gasteiger partial charge is 0.135 e. The molecule has 3 rings (SSSR count). The molecule has 98 valence electrons. The number of nitrogens with zero attached hydrogens (tertiary/aromatic N) is 2. The summed E-state index contributed by atoms with van der Waals surface area (Å²) in [5.41, 5.74) is 6.98. The Morgan fingerprint density at radius 1 is 1.44 bits per heavy atom. The molecule has 3 atom stereocenters. The second kappa shape index (κ2) is 4.72. The molecule has 3 unspecified atom stereocenters. The first-order valence-electron chi connectivity index (χ1n) is 6.79. The van der Waals surface area contributed by atoms with Crippen molar-refractivity contribution in [1.29, 1.82) is 0 Å². The number of aromatic nitrogens is 2. The Balaban J connectivity index is 1.78. The van der Waals surface area contributed by atoms with Gasteiger partial charge in [-0.1, -0.05) is 13.3 Å². The topological polar surface area (TPSA) is 73.1 Å². The van der Waals surface area contributed by atoms with E-state index in [9.17, 15) is 0 Å². The van der Waals surface area contributed by atoms with Crippen molar-refractivity contribution in [1.82, 2.24) is 9.97 Å². The van der Waals surface area contributed by atoms with Crippen LogP contribution < -0.4 is 11.1 Å². The van der Waals surface area contributed by atoms with E-state index in [1.807, 2.05) is 0 Å². The molecule has 0 aromatic carbocycles. The number of hydrogen-bond donors (Lipinski definition) is 2.